The molecule has 2 amide bonds. The van der Waals surface area contributed by atoms with Crippen LogP contribution in [0.3, 0.4) is 0 Å². The Labute approximate surface area is 220 Å². The van der Waals surface area contributed by atoms with Crippen LogP contribution in [0.25, 0.3) is 0 Å². The number of benzene rings is 2. The summed E-state index contributed by atoms with van der Waals surface area (Å²) in [5.41, 5.74) is 1.43. The molecule has 36 heavy (non-hydrogen) atoms. The Bertz CT molecular complexity index is 1100. The molecule has 0 radical (unpaired) electrons. The Hall–Kier alpha value is -3.10. The van der Waals surface area contributed by atoms with Crippen LogP contribution < -0.4 is 10.1 Å². The van der Waals surface area contributed by atoms with E-state index in [1.54, 1.807) is 42.3 Å². The largest absolute Gasteiger partial charge is 0.494 e. The lowest BCUT2D eigenvalue weighted by molar-refractivity contribution is -0.139. The summed E-state index contributed by atoms with van der Waals surface area (Å²) < 4.78 is 5.77. The number of aliphatic imine (C=N–C) groups is 1. The van der Waals surface area contributed by atoms with Gasteiger partial charge in [-0.05, 0) is 55.5 Å². The normalized spacial score (nSPS) is 14.2. The number of carboxylic acid groups (broad SMARTS) is 1. The van der Waals surface area contributed by atoms with E-state index < -0.39 is 17.9 Å². The number of hydrogen-bond acceptors (Lipinski definition) is 5. The molecule has 1 aliphatic heterocycles. The topological polar surface area (TPSA) is 108 Å². The van der Waals surface area contributed by atoms with Gasteiger partial charge in [-0.25, -0.2) is 4.79 Å². The minimum absolute atomic E-state index is 0.0231. The van der Waals surface area contributed by atoms with Gasteiger partial charge in [0.05, 0.1) is 34.5 Å². The number of carbonyl (C=O) groups excluding carboxylic acids is 2. The number of unbranched alkanes of at least 4 members (excludes halogenated alkanes) is 2. The zero-order valence-electron chi connectivity index (χ0n) is 20.0. The van der Waals surface area contributed by atoms with E-state index in [4.69, 9.17) is 27.9 Å². The minimum Gasteiger partial charge on any atom is -0.494 e. The molecule has 0 saturated carbocycles. The first-order valence-electron chi connectivity index (χ1n) is 11.7. The highest BCUT2D eigenvalue weighted by Crippen LogP contribution is 2.24. The number of aliphatic carboxylic acids is 1. The van der Waals surface area contributed by atoms with Crippen molar-refractivity contribution in [2.24, 2.45) is 4.99 Å². The van der Waals surface area contributed by atoms with Gasteiger partial charge in [-0.2, -0.15) is 0 Å². The maximum atomic E-state index is 12.6. The molecule has 0 fully saturated rings. The lowest BCUT2D eigenvalue weighted by Crippen LogP contribution is -2.42. The highest BCUT2D eigenvalue weighted by atomic mass is 35.5. The molecule has 192 valence electrons. The minimum atomic E-state index is -1.17. The number of likely N-dealkylation sites (N-methyl/N-ethyl adjacent to an activating group) is 1. The van der Waals surface area contributed by atoms with Gasteiger partial charge in [0.25, 0.3) is 11.8 Å². The van der Waals surface area contributed by atoms with Crippen molar-refractivity contribution in [3.8, 4) is 5.75 Å². The van der Waals surface area contributed by atoms with Crippen LogP contribution in [-0.4, -0.2) is 66.3 Å². The van der Waals surface area contributed by atoms with Gasteiger partial charge < -0.3 is 20.1 Å². The Balaban J connectivity index is 1.43. The number of rotatable bonds is 12. The van der Waals surface area contributed by atoms with Crippen molar-refractivity contribution < 1.29 is 24.2 Å². The second-order valence-corrected chi connectivity index (χ2v) is 9.34. The van der Waals surface area contributed by atoms with Crippen LogP contribution in [0.5, 0.6) is 5.75 Å². The quantitative estimate of drug-likeness (QED) is 0.396. The molecule has 0 aromatic heterocycles. The Kier molecular flexibility index (Phi) is 10.1. The number of carboxylic acids is 1. The van der Waals surface area contributed by atoms with Gasteiger partial charge in [0.2, 0.25) is 0 Å². The van der Waals surface area contributed by atoms with Crippen LogP contribution >= 0.6 is 23.2 Å². The van der Waals surface area contributed by atoms with Crippen molar-refractivity contribution in [1.82, 2.24) is 10.2 Å². The van der Waals surface area contributed by atoms with E-state index in [0.717, 1.165) is 24.8 Å². The van der Waals surface area contributed by atoms with E-state index in [1.807, 2.05) is 0 Å². The summed E-state index contributed by atoms with van der Waals surface area (Å²) in [6.07, 6.45) is 3.41. The Morgan fingerprint density at radius 1 is 1.11 bits per heavy atom. The maximum Gasteiger partial charge on any atom is 0.326 e. The molecule has 2 aromatic carbocycles. The van der Waals surface area contributed by atoms with Crippen molar-refractivity contribution in [2.45, 2.75) is 38.1 Å². The fourth-order valence-electron chi connectivity index (χ4n) is 3.77. The summed E-state index contributed by atoms with van der Waals surface area (Å²) in [6.45, 7) is 1.88. The smallest absolute Gasteiger partial charge is 0.326 e. The van der Waals surface area contributed by atoms with E-state index in [0.29, 0.717) is 37.6 Å². The fourth-order valence-corrected chi connectivity index (χ4v) is 4.34. The first-order chi connectivity index (χ1) is 17.3. The highest BCUT2D eigenvalue weighted by Gasteiger charge is 2.24. The van der Waals surface area contributed by atoms with Gasteiger partial charge in [-0.1, -0.05) is 41.4 Å². The average molecular weight is 534 g/mol. The zero-order chi connectivity index (χ0) is 26.1. The van der Waals surface area contributed by atoms with Gasteiger partial charge in [0.15, 0.2) is 0 Å². The molecular weight excluding hydrogens is 505 g/mol. The van der Waals surface area contributed by atoms with Crippen LogP contribution in [0.15, 0.2) is 47.5 Å². The molecule has 8 nitrogen and oxygen atoms in total. The third kappa shape index (κ3) is 7.70. The van der Waals surface area contributed by atoms with E-state index in [1.165, 1.54) is 12.1 Å². The van der Waals surface area contributed by atoms with Gasteiger partial charge in [-0.15, -0.1) is 0 Å². The monoisotopic (exact) mass is 533 g/mol. The summed E-state index contributed by atoms with van der Waals surface area (Å²) in [7, 11) is 1.80. The Morgan fingerprint density at radius 3 is 2.47 bits per heavy atom. The van der Waals surface area contributed by atoms with Gasteiger partial charge in [0.1, 0.15) is 11.8 Å². The van der Waals surface area contributed by atoms with Crippen molar-refractivity contribution in [2.75, 3.05) is 26.7 Å². The van der Waals surface area contributed by atoms with Gasteiger partial charge in [0, 0.05) is 20.0 Å². The van der Waals surface area contributed by atoms with Crippen molar-refractivity contribution in [3.05, 3.63) is 63.6 Å². The predicted molar refractivity (Wildman–Crippen MR) is 139 cm³/mol. The fraction of sp³-hybridized carbons (Fsp3) is 0.385. The van der Waals surface area contributed by atoms with E-state index >= 15 is 0 Å². The predicted octanol–water partition coefficient (Wildman–Crippen LogP) is 4.27. The number of ether oxygens (including phenoxy) is 1. The molecular formula is C26H29Cl2N3O5. The SMILES string of the molecule is CN1CCN=C(CCCCCOc2ccc(CC(NC(=O)c3c(Cl)cccc3Cl)C(=O)O)cc2)C1=O. The lowest BCUT2D eigenvalue weighted by Gasteiger charge is -2.21. The molecule has 0 aliphatic carbocycles. The first kappa shape index (κ1) is 27.5. The van der Waals surface area contributed by atoms with Gasteiger partial charge >= 0.3 is 5.97 Å². The third-order valence-corrected chi connectivity index (χ3v) is 6.44. The van der Waals surface area contributed by atoms with Crippen molar-refractivity contribution >= 4 is 46.7 Å². The van der Waals surface area contributed by atoms with E-state index in [9.17, 15) is 19.5 Å². The lowest BCUT2D eigenvalue weighted by atomic mass is 10.1. The number of amides is 2. The van der Waals surface area contributed by atoms with Gasteiger partial charge in [-0.3, -0.25) is 14.6 Å². The summed E-state index contributed by atoms with van der Waals surface area (Å²) in [4.78, 5) is 42.4. The van der Waals surface area contributed by atoms with Crippen molar-refractivity contribution in [3.63, 3.8) is 0 Å². The molecule has 1 aliphatic rings. The number of carbonyl (C=O) groups is 3. The van der Waals surface area contributed by atoms with Crippen molar-refractivity contribution in [1.29, 1.82) is 0 Å². The molecule has 0 bridgehead atoms. The number of hydrogen-bond donors (Lipinski definition) is 2. The molecule has 1 unspecified atom stereocenters. The summed E-state index contributed by atoms with van der Waals surface area (Å²) >= 11 is 12.1. The molecule has 2 aromatic rings. The molecule has 2 N–H and O–H groups in total. The number of halogens is 2. The molecule has 0 spiro atoms. The standard InChI is InChI=1S/C26H29Cl2N3O5/c1-31-14-13-29-21(25(31)33)8-3-2-4-15-36-18-11-9-17(10-12-18)16-22(26(34)35)30-24(32)23-19(27)6-5-7-20(23)28/h5-7,9-12,22H,2-4,8,13-16H2,1H3,(H,30,32)(H,34,35). The molecule has 0 saturated heterocycles. The molecule has 1 heterocycles. The van der Waals surface area contributed by atoms with Crippen LogP contribution in [0, 0.1) is 0 Å². The molecule has 1 atom stereocenters. The van der Waals surface area contributed by atoms with E-state index in [2.05, 4.69) is 10.3 Å². The Morgan fingerprint density at radius 2 is 1.81 bits per heavy atom. The molecule has 10 heteroatoms. The second kappa shape index (κ2) is 13.3. The number of nitrogens with zero attached hydrogens (tertiary/aromatic N) is 2. The molecule has 3 rings (SSSR count). The van der Waals surface area contributed by atoms with Crippen LogP contribution in [0.1, 0.15) is 41.6 Å². The summed E-state index contributed by atoms with van der Waals surface area (Å²) in [6, 6.07) is 10.6. The maximum absolute atomic E-state index is 12.6. The summed E-state index contributed by atoms with van der Waals surface area (Å²) in [5, 5.41) is 12.4. The van der Waals surface area contributed by atoms with E-state index in [-0.39, 0.29) is 27.9 Å². The average Bonchev–Trinajstić information content (AvgIpc) is 2.84. The van der Waals surface area contributed by atoms with Crippen LogP contribution in [0.4, 0.5) is 0 Å². The van der Waals surface area contributed by atoms with Crippen LogP contribution in [0.2, 0.25) is 10.0 Å². The summed E-state index contributed by atoms with van der Waals surface area (Å²) in [5.74, 6) is -1.12. The highest BCUT2D eigenvalue weighted by molar-refractivity contribution is 6.40. The second-order valence-electron chi connectivity index (χ2n) is 8.52. The first-order valence-corrected chi connectivity index (χ1v) is 12.5. The van der Waals surface area contributed by atoms with Crippen LogP contribution in [-0.2, 0) is 16.0 Å². The number of nitrogens with one attached hydrogen (secondary N) is 1. The zero-order valence-corrected chi connectivity index (χ0v) is 21.5. The third-order valence-electron chi connectivity index (χ3n) is 5.81.